The van der Waals surface area contributed by atoms with Crippen LogP contribution in [0.2, 0.25) is 0 Å². The van der Waals surface area contributed by atoms with Gasteiger partial charge in [0.25, 0.3) is 0 Å². The van der Waals surface area contributed by atoms with Crippen molar-refractivity contribution < 1.29 is 4.52 Å². The van der Waals surface area contributed by atoms with Gasteiger partial charge in [0.15, 0.2) is 5.82 Å². The predicted octanol–water partition coefficient (Wildman–Crippen LogP) is 2.51. The number of aromatic nitrogens is 5. The van der Waals surface area contributed by atoms with Crippen LogP contribution in [0.15, 0.2) is 16.7 Å². The Labute approximate surface area is 165 Å². The highest BCUT2D eigenvalue weighted by molar-refractivity contribution is 5.45. The number of nitrogens with zero attached hydrogens (tertiary/aromatic N) is 7. The molecule has 3 aromatic rings. The van der Waals surface area contributed by atoms with Crippen LogP contribution < -0.4 is 4.90 Å². The summed E-state index contributed by atoms with van der Waals surface area (Å²) < 4.78 is 7.18. The van der Waals surface area contributed by atoms with Gasteiger partial charge in [-0.2, -0.15) is 5.10 Å². The van der Waals surface area contributed by atoms with E-state index in [1.54, 1.807) is 0 Å². The number of hydrogen-bond acceptors (Lipinski definition) is 7. The highest BCUT2D eigenvalue weighted by atomic mass is 16.5. The average molecular weight is 381 g/mol. The van der Waals surface area contributed by atoms with Crippen molar-refractivity contribution in [2.24, 2.45) is 0 Å². The highest BCUT2D eigenvalue weighted by Gasteiger charge is 2.22. The van der Waals surface area contributed by atoms with E-state index in [1.165, 1.54) is 5.56 Å². The lowest BCUT2D eigenvalue weighted by Crippen LogP contribution is -2.46. The second-order valence-corrected chi connectivity index (χ2v) is 7.54. The van der Waals surface area contributed by atoms with Crippen LogP contribution >= 0.6 is 0 Å². The Morgan fingerprint density at radius 3 is 2.25 bits per heavy atom. The first-order chi connectivity index (χ1) is 13.4. The van der Waals surface area contributed by atoms with Crippen LogP contribution in [0.25, 0.3) is 5.82 Å². The molecule has 1 saturated heterocycles. The fourth-order valence-electron chi connectivity index (χ4n) is 3.75. The molecule has 1 aliphatic rings. The maximum atomic E-state index is 5.29. The van der Waals surface area contributed by atoms with E-state index in [9.17, 15) is 0 Å². The normalized spacial score (nSPS) is 15.4. The van der Waals surface area contributed by atoms with Gasteiger partial charge >= 0.3 is 0 Å². The van der Waals surface area contributed by atoms with Crippen LogP contribution in [0.4, 0.5) is 5.82 Å². The summed E-state index contributed by atoms with van der Waals surface area (Å²) in [5, 5.41) is 8.63. The van der Waals surface area contributed by atoms with Gasteiger partial charge in [0.2, 0.25) is 0 Å². The Kier molecular flexibility index (Phi) is 4.89. The maximum absolute atomic E-state index is 5.29. The first kappa shape index (κ1) is 18.6. The Morgan fingerprint density at radius 2 is 1.64 bits per heavy atom. The average Bonchev–Trinajstić information content (AvgIpc) is 3.17. The highest BCUT2D eigenvalue weighted by Crippen LogP contribution is 2.21. The molecule has 0 unspecified atom stereocenters. The third-order valence-corrected chi connectivity index (χ3v) is 5.30. The van der Waals surface area contributed by atoms with E-state index in [2.05, 4.69) is 36.1 Å². The van der Waals surface area contributed by atoms with Crippen LogP contribution in [-0.2, 0) is 6.54 Å². The van der Waals surface area contributed by atoms with Crippen molar-refractivity contribution in [2.75, 3.05) is 31.1 Å². The van der Waals surface area contributed by atoms with Gasteiger partial charge in [-0.3, -0.25) is 4.90 Å². The topological polar surface area (TPSA) is 76.1 Å². The molecule has 0 atom stereocenters. The Morgan fingerprint density at radius 1 is 0.929 bits per heavy atom. The van der Waals surface area contributed by atoms with Crippen molar-refractivity contribution in [3.05, 3.63) is 46.4 Å². The van der Waals surface area contributed by atoms with Crippen LogP contribution in [0.1, 0.15) is 34.2 Å². The van der Waals surface area contributed by atoms with E-state index >= 15 is 0 Å². The summed E-state index contributed by atoms with van der Waals surface area (Å²) >= 11 is 0. The fourth-order valence-corrected chi connectivity index (χ4v) is 3.75. The number of piperazine rings is 1. The van der Waals surface area contributed by atoms with Crippen LogP contribution in [0, 0.1) is 34.6 Å². The second kappa shape index (κ2) is 7.35. The second-order valence-electron chi connectivity index (χ2n) is 7.54. The molecule has 8 heteroatoms. The SMILES string of the molecule is Cc1cc(C)n(-c2cc(N3CCN(Cc4c(C)noc4C)CC3)nc(C)n2)n1. The summed E-state index contributed by atoms with van der Waals surface area (Å²) in [6, 6.07) is 4.10. The lowest BCUT2D eigenvalue weighted by Gasteiger charge is -2.35. The third-order valence-electron chi connectivity index (χ3n) is 5.30. The minimum absolute atomic E-state index is 0.762. The van der Waals surface area contributed by atoms with Gasteiger partial charge in [-0.05, 0) is 40.7 Å². The van der Waals surface area contributed by atoms with Crippen molar-refractivity contribution >= 4 is 5.82 Å². The molecular formula is C20H27N7O. The standard InChI is InChI=1S/C20H27N7O/c1-13-10-14(2)27(23-13)20-11-19(21-17(5)22-20)26-8-6-25(7-9-26)12-18-15(3)24-28-16(18)4/h10-11H,6-9,12H2,1-5H3. The van der Waals surface area contributed by atoms with Gasteiger partial charge in [-0.15, -0.1) is 0 Å². The van der Waals surface area contributed by atoms with E-state index in [1.807, 2.05) is 45.4 Å². The van der Waals surface area contributed by atoms with Crippen LogP contribution in [-0.4, -0.2) is 56.0 Å². The van der Waals surface area contributed by atoms with Crippen molar-refractivity contribution in [3.8, 4) is 5.82 Å². The fraction of sp³-hybridized carbons (Fsp3) is 0.500. The zero-order valence-electron chi connectivity index (χ0n) is 17.2. The van der Waals surface area contributed by atoms with E-state index in [0.717, 1.165) is 73.0 Å². The van der Waals surface area contributed by atoms with E-state index in [0.29, 0.717) is 0 Å². The molecule has 148 valence electrons. The van der Waals surface area contributed by atoms with Gasteiger partial charge < -0.3 is 9.42 Å². The largest absolute Gasteiger partial charge is 0.361 e. The lowest BCUT2D eigenvalue weighted by molar-refractivity contribution is 0.247. The minimum atomic E-state index is 0.762. The molecule has 4 heterocycles. The zero-order valence-corrected chi connectivity index (χ0v) is 17.2. The molecule has 0 aliphatic carbocycles. The van der Waals surface area contributed by atoms with Gasteiger partial charge in [0, 0.05) is 50.0 Å². The summed E-state index contributed by atoms with van der Waals surface area (Å²) in [5.74, 6) is 3.47. The van der Waals surface area contributed by atoms with Crippen molar-refractivity contribution in [3.63, 3.8) is 0 Å². The molecule has 28 heavy (non-hydrogen) atoms. The van der Waals surface area contributed by atoms with Gasteiger partial charge in [0.1, 0.15) is 17.4 Å². The minimum Gasteiger partial charge on any atom is -0.361 e. The Balaban J connectivity index is 1.48. The molecule has 3 aromatic heterocycles. The molecule has 1 aliphatic heterocycles. The van der Waals surface area contributed by atoms with Crippen LogP contribution in [0.5, 0.6) is 0 Å². The summed E-state index contributed by atoms with van der Waals surface area (Å²) in [4.78, 5) is 14.0. The van der Waals surface area contributed by atoms with Crippen LogP contribution in [0.3, 0.4) is 0 Å². The molecule has 0 amide bonds. The summed E-state index contributed by atoms with van der Waals surface area (Å²) in [6.07, 6.45) is 0. The first-order valence-electron chi connectivity index (χ1n) is 9.69. The van der Waals surface area contributed by atoms with Gasteiger partial charge in [0.05, 0.1) is 11.4 Å². The lowest BCUT2D eigenvalue weighted by atomic mass is 10.2. The molecule has 4 rings (SSSR count). The molecule has 0 radical (unpaired) electrons. The van der Waals surface area contributed by atoms with Gasteiger partial charge in [-0.25, -0.2) is 14.6 Å². The van der Waals surface area contributed by atoms with Crippen molar-refractivity contribution in [1.29, 1.82) is 0 Å². The van der Waals surface area contributed by atoms with Crippen molar-refractivity contribution in [2.45, 2.75) is 41.2 Å². The molecule has 0 aromatic carbocycles. The number of anilines is 1. The van der Waals surface area contributed by atoms with Gasteiger partial charge in [-0.1, -0.05) is 5.16 Å². The molecule has 0 saturated carbocycles. The molecule has 0 N–H and O–H groups in total. The number of hydrogen-bond donors (Lipinski definition) is 0. The molecule has 0 spiro atoms. The molecule has 1 fully saturated rings. The Hall–Kier alpha value is -2.74. The molecule has 8 nitrogen and oxygen atoms in total. The monoisotopic (exact) mass is 381 g/mol. The van der Waals surface area contributed by atoms with E-state index in [4.69, 9.17) is 4.52 Å². The maximum Gasteiger partial charge on any atom is 0.159 e. The molecule has 0 bridgehead atoms. The number of rotatable bonds is 4. The van der Waals surface area contributed by atoms with E-state index < -0.39 is 0 Å². The Bertz CT molecular complexity index is 963. The summed E-state index contributed by atoms with van der Waals surface area (Å²) in [7, 11) is 0. The molecular weight excluding hydrogens is 354 g/mol. The van der Waals surface area contributed by atoms with E-state index in [-0.39, 0.29) is 0 Å². The first-order valence-corrected chi connectivity index (χ1v) is 9.69. The summed E-state index contributed by atoms with van der Waals surface area (Å²) in [6.45, 7) is 14.7. The zero-order chi connectivity index (χ0) is 19.8. The quantitative estimate of drug-likeness (QED) is 0.687. The number of aryl methyl sites for hydroxylation is 5. The summed E-state index contributed by atoms with van der Waals surface area (Å²) in [5.41, 5.74) is 4.26. The predicted molar refractivity (Wildman–Crippen MR) is 107 cm³/mol. The van der Waals surface area contributed by atoms with Crippen molar-refractivity contribution in [1.82, 2.24) is 29.8 Å². The smallest absolute Gasteiger partial charge is 0.159 e. The third kappa shape index (κ3) is 3.64.